The molecule has 5 aromatic rings. The highest BCUT2D eigenvalue weighted by molar-refractivity contribution is 7.17. The molecule has 0 amide bonds. The quantitative estimate of drug-likeness (QED) is 0.367. The summed E-state index contributed by atoms with van der Waals surface area (Å²) in [6.45, 7) is 3.58. The molecule has 0 atom stereocenters. The van der Waals surface area contributed by atoms with Crippen molar-refractivity contribution in [1.82, 2.24) is 19.6 Å². The van der Waals surface area contributed by atoms with E-state index in [-0.39, 0.29) is 0 Å². The molecule has 1 aliphatic heterocycles. The van der Waals surface area contributed by atoms with E-state index in [0.717, 1.165) is 47.1 Å². The van der Waals surface area contributed by atoms with Crippen molar-refractivity contribution < 1.29 is 4.74 Å². The van der Waals surface area contributed by atoms with Crippen molar-refractivity contribution in [3.05, 3.63) is 77.6 Å². The van der Waals surface area contributed by atoms with Crippen LogP contribution in [0.3, 0.4) is 0 Å². The number of hydrogen-bond acceptors (Lipinski definition) is 7. The monoisotopic (exact) mass is 454 g/mol. The molecule has 6 rings (SSSR count). The lowest BCUT2D eigenvalue weighted by Gasteiger charge is -2.29. The van der Waals surface area contributed by atoms with E-state index >= 15 is 0 Å². The first kappa shape index (κ1) is 20.0. The van der Waals surface area contributed by atoms with Gasteiger partial charge in [-0.25, -0.2) is 4.98 Å². The molecule has 33 heavy (non-hydrogen) atoms. The Bertz CT molecular complexity index is 1440. The van der Waals surface area contributed by atoms with Crippen LogP contribution in [0, 0.1) is 0 Å². The maximum absolute atomic E-state index is 5.56. The van der Waals surface area contributed by atoms with Gasteiger partial charge in [0.1, 0.15) is 5.82 Å². The molecule has 8 heteroatoms. The first-order valence-corrected chi connectivity index (χ1v) is 11.8. The van der Waals surface area contributed by atoms with Gasteiger partial charge in [-0.3, -0.25) is 9.98 Å². The number of ether oxygens (including phenoxy) is 1. The lowest BCUT2D eigenvalue weighted by atomic mass is 10.2. The Labute approximate surface area is 195 Å². The predicted molar refractivity (Wildman–Crippen MR) is 132 cm³/mol. The van der Waals surface area contributed by atoms with E-state index in [4.69, 9.17) is 19.8 Å². The molecular formula is C25H22N6OS. The van der Waals surface area contributed by atoms with Crippen molar-refractivity contribution in [2.75, 3.05) is 31.2 Å². The summed E-state index contributed by atoms with van der Waals surface area (Å²) in [5.41, 5.74) is 4.78. The molecule has 1 fully saturated rings. The van der Waals surface area contributed by atoms with Gasteiger partial charge in [-0.2, -0.15) is 9.61 Å². The Hall–Kier alpha value is -3.62. The van der Waals surface area contributed by atoms with Crippen LogP contribution in [0.25, 0.3) is 27.0 Å². The van der Waals surface area contributed by atoms with Crippen LogP contribution in [0.15, 0.2) is 71.3 Å². The smallest absolute Gasteiger partial charge is 0.158 e. The fourth-order valence-electron chi connectivity index (χ4n) is 4.11. The maximum Gasteiger partial charge on any atom is 0.158 e. The molecule has 0 N–H and O–H groups in total. The third-order valence-corrected chi connectivity index (χ3v) is 6.75. The highest BCUT2D eigenvalue weighted by atomic mass is 32.1. The minimum atomic E-state index is 0.508. The zero-order valence-electron chi connectivity index (χ0n) is 18.0. The summed E-state index contributed by atoms with van der Waals surface area (Å²) in [6.07, 6.45) is 5.52. The van der Waals surface area contributed by atoms with Crippen molar-refractivity contribution in [2.24, 2.45) is 4.99 Å². The lowest BCUT2D eigenvalue weighted by molar-refractivity contribution is 0.122. The van der Waals surface area contributed by atoms with Crippen molar-refractivity contribution in [3.8, 4) is 11.3 Å². The average molecular weight is 455 g/mol. The molecular weight excluding hydrogens is 432 g/mol. The first-order valence-electron chi connectivity index (χ1n) is 10.9. The Kier molecular flexibility index (Phi) is 5.29. The summed E-state index contributed by atoms with van der Waals surface area (Å²) < 4.78 is 8.77. The highest BCUT2D eigenvalue weighted by Gasteiger charge is 2.18. The fraction of sp³-hybridized carbons (Fsp3) is 0.200. The van der Waals surface area contributed by atoms with Gasteiger partial charge in [0.15, 0.2) is 5.65 Å². The Morgan fingerprint density at radius 2 is 1.91 bits per heavy atom. The molecule has 1 aromatic carbocycles. The molecule has 0 saturated carbocycles. The van der Waals surface area contributed by atoms with Gasteiger partial charge in [-0.1, -0.05) is 18.2 Å². The first-order chi connectivity index (χ1) is 16.3. The molecule has 4 aromatic heterocycles. The number of thiophene rings is 1. The third-order valence-electron chi connectivity index (χ3n) is 5.77. The lowest BCUT2D eigenvalue weighted by Crippen LogP contribution is -2.37. The molecule has 0 radical (unpaired) electrons. The summed E-state index contributed by atoms with van der Waals surface area (Å²) >= 11 is 1.74. The third kappa shape index (κ3) is 3.99. The molecule has 0 bridgehead atoms. The second kappa shape index (κ2) is 8.73. The van der Waals surface area contributed by atoms with E-state index in [0.29, 0.717) is 19.8 Å². The van der Waals surface area contributed by atoms with E-state index in [2.05, 4.69) is 45.6 Å². The molecule has 164 valence electrons. The molecule has 1 aliphatic rings. The number of aromatic nitrogens is 4. The Balaban J connectivity index is 1.36. The fourth-order valence-corrected chi connectivity index (χ4v) is 5.02. The number of pyridine rings is 1. The predicted octanol–water partition coefficient (Wildman–Crippen LogP) is 4.46. The van der Waals surface area contributed by atoms with Crippen molar-refractivity contribution in [2.45, 2.75) is 6.54 Å². The molecule has 1 saturated heterocycles. The normalized spacial score (nSPS) is 14.6. The largest absolute Gasteiger partial charge is 0.378 e. The Morgan fingerprint density at radius 1 is 1.06 bits per heavy atom. The van der Waals surface area contributed by atoms with E-state index in [1.54, 1.807) is 23.7 Å². The molecule has 0 aliphatic carbocycles. The maximum atomic E-state index is 5.56. The molecule has 0 unspecified atom stereocenters. The van der Waals surface area contributed by atoms with Crippen LogP contribution in [-0.2, 0) is 11.3 Å². The molecule has 7 nitrogen and oxygen atoms in total. The highest BCUT2D eigenvalue weighted by Crippen LogP contribution is 2.26. The summed E-state index contributed by atoms with van der Waals surface area (Å²) in [5, 5.41) is 8.25. The van der Waals surface area contributed by atoms with Gasteiger partial charge in [0.05, 0.1) is 31.1 Å². The van der Waals surface area contributed by atoms with Crippen LogP contribution in [0.4, 0.5) is 5.82 Å². The van der Waals surface area contributed by atoms with Crippen molar-refractivity contribution in [3.63, 3.8) is 0 Å². The minimum absolute atomic E-state index is 0.508. The number of anilines is 1. The van der Waals surface area contributed by atoms with Crippen molar-refractivity contribution >= 4 is 39.1 Å². The van der Waals surface area contributed by atoms with Gasteiger partial charge >= 0.3 is 0 Å². The van der Waals surface area contributed by atoms with Gasteiger partial charge in [-0.15, -0.1) is 11.3 Å². The van der Waals surface area contributed by atoms with Gasteiger partial charge in [0.25, 0.3) is 0 Å². The van der Waals surface area contributed by atoms with Crippen LogP contribution in [0.5, 0.6) is 0 Å². The van der Waals surface area contributed by atoms with Crippen LogP contribution >= 0.6 is 11.3 Å². The summed E-state index contributed by atoms with van der Waals surface area (Å²) in [7, 11) is 0. The minimum Gasteiger partial charge on any atom is -0.378 e. The number of aliphatic imine (C=N–C) groups is 1. The number of nitrogens with zero attached hydrogens (tertiary/aromatic N) is 6. The summed E-state index contributed by atoms with van der Waals surface area (Å²) in [5.74, 6) is 1.02. The SMILES string of the molecule is C(=NCc1cc(N2CCOCC2)n2nc(-c3ccncc3)cc2n1)c1csc2ccccc12. The number of benzene rings is 1. The van der Waals surface area contributed by atoms with Crippen LogP contribution in [0.2, 0.25) is 0 Å². The topological polar surface area (TPSA) is 67.9 Å². The average Bonchev–Trinajstić information content (AvgIpc) is 3.49. The van der Waals surface area contributed by atoms with Crippen molar-refractivity contribution in [1.29, 1.82) is 0 Å². The Morgan fingerprint density at radius 3 is 2.79 bits per heavy atom. The number of fused-ring (bicyclic) bond motifs is 2. The summed E-state index contributed by atoms with van der Waals surface area (Å²) in [4.78, 5) is 16.0. The van der Waals surface area contributed by atoms with Crippen LogP contribution in [-0.4, -0.2) is 52.1 Å². The number of hydrogen-bond donors (Lipinski definition) is 0. The van der Waals surface area contributed by atoms with Gasteiger partial charge in [-0.05, 0) is 18.2 Å². The van der Waals surface area contributed by atoms with E-state index in [9.17, 15) is 0 Å². The number of rotatable bonds is 5. The zero-order chi connectivity index (χ0) is 22.0. The van der Waals surface area contributed by atoms with Gasteiger partial charge in [0, 0.05) is 70.4 Å². The van der Waals surface area contributed by atoms with Crippen LogP contribution in [0.1, 0.15) is 11.3 Å². The standard InChI is InChI=1S/C25H22N6OS/c1-2-4-23-21(3-1)19(17-33-23)15-27-16-20-13-25(30-9-11-32-12-10-30)31-24(28-20)14-22(29-31)18-5-7-26-8-6-18/h1-8,13-15,17H,9-12,16H2. The zero-order valence-corrected chi connectivity index (χ0v) is 18.8. The molecule has 0 spiro atoms. The van der Waals surface area contributed by atoms with Crippen LogP contribution < -0.4 is 4.90 Å². The van der Waals surface area contributed by atoms with Gasteiger partial charge in [0.2, 0.25) is 0 Å². The van der Waals surface area contributed by atoms with E-state index in [1.807, 2.05) is 28.9 Å². The molecule has 5 heterocycles. The second-order valence-corrected chi connectivity index (χ2v) is 8.81. The number of morpholine rings is 1. The summed E-state index contributed by atoms with van der Waals surface area (Å²) in [6, 6.07) is 16.5. The van der Waals surface area contributed by atoms with E-state index < -0.39 is 0 Å². The van der Waals surface area contributed by atoms with E-state index in [1.165, 1.54) is 10.1 Å². The second-order valence-electron chi connectivity index (χ2n) is 7.90. The van der Waals surface area contributed by atoms with Gasteiger partial charge < -0.3 is 9.64 Å².